The maximum absolute atomic E-state index is 13.5. The van der Waals surface area contributed by atoms with Crippen LogP contribution in [-0.4, -0.2) is 30.8 Å². The minimum Gasteiger partial charge on any atom is -0.374 e. The summed E-state index contributed by atoms with van der Waals surface area (Å²) in [7, 11) is -3.72. The molecule has 1 unspecified atom stereocenters. The number of fused-ring (bicyclic) bond motifs is 1. The summed E-state index contributed by atoms with van der Waals surface area (Å²) in [5.41, 5.74) is -3.72. The van der Waals surface area contributed by atoms with Gasteiger partial charge in [-0.3, -0.25) is 4.79 Å². The van der Waals surface area contributed by atoms with Crippen molar-refractivity contribution in [2.45, 2.75) is 38.4 Å². The van der Waals surface area contributed by atoms with E-state index in [1.165, 1.54) is 6.92 Å². The Morgan fingerprint density at radius 3 is 2.41 bits per heavy atom. The number of ether oxygens (including phenoxy) is 1. The summed E-state index contributed by atoms with van der Waals surface area (Å²) in [6.07, 6.45) is -4.26. The Hall–Kier alpha value is -2.14. The molecule has 0 aliphatic rings. The highest BCUT2D eigenvalue weighted by molar-refractivity contribution is 7.89. The fourth-order valence-electron chi connectivity index (χ4n) is 2.64. The number of aromatic nitrogens is 2. The van der Waals surface area contributed by atoms with Crippen molar-refractivity contribution in [2.75, 3.05) is 12.9 Å². The maximum atomic E-state index is 13.5. The van der Waals surface area contributed by atoms with E-state index in [0.717, 1.165) is 12.3 Å². The number of hydrogen-bond donors (Lipinski definition) is 1. The van der Waals surface area contributed by atoms with Gasteiger partial charge in [0.2, 0.25) is 0 Å². The van der Waals surface area contributed by atoms with Gasteiger partial charge in [0.05, 0.1) is 22.6 Å². The van der Waals surface area contributed by atoms with Crippen LogP contribution < -0.4 is 11.2 Å². The fraction of sp³-hybridized carbons (Fsp3) is 0.500. The van der Waals surface area contributed by atoms with Crippen LogP contribution in [0.2, 0.25) is 0 Å². The highest BCUT2D eigenvalue weighted by Gasteiger charge is 2.35. The molecule has 0 saturated heterocycles. The highest BCUT2D eigenvalue weighted by atomic mass is 32.2. The Labute approximate surface area is 152 Å². The van der Waals surface area contributed by atoms with Gasteiger partial charge >= 0.3 is 11.9 Å². The lowest BCUT2D eigenvalue weighted by molar-refractivity contribution is -0.139. The first-order valence-corrected chi connectivity index (χ1v) is 10.1. The third kappa shape index (κ3) is 4.78. The van der Waals surface area contributed by atoms with Gasteiger partial charge in [0, 0.05) is 12.9 Å². The molecule has 1 aromatic heterocycles. The van der Waals surface area contributed by atoms with Gasteiger partial charge in [0.15, 0.2) is 9.84 Å². The lowest BCUT2D eigenvalue weighted by Gasteiger charge is -2.20. The van der Waals surface area contributed by atoms with Gasteiger partial charge in [-0.2, -0.15) is 13.2 Å². The van der Waals surface area contributed by atoms with Crippen LogP contribution >= 0.6 is 0 Å². The van der Waals surface area contributed by atoms with Gasteiger partial charge in [-0.1, -0.05) is 6.92 Å². The smallest absolute Gasteiger partial charge is 0.374 e. The number of benzene rings is 1. The number of aromatic amines is 1. The second-order valence-corrected chi connectivity index (χ2v) is 8.32. The molecule has 0 radical (unpaired) electrons. The van der Waals surface area contributed by atoms with Crippen LogP contribution in [-0.2, 0) is 26.6 Å². The Morgan fingerprint density at radius 1 is 1.26 bits per heavy atom. The van der Waals surface area contributed by atoms with Gasteiger partial charge in [0.25, 0.3) is 5.56 Å². The van der Waals surface area contributed by atoms with Crippen molar-refractivity contribution < 1.29 is 26.3 Å². The van der Waals surface area contributed by atoms with E-state index in [1.54, 1.807) is 6.92 Å². The van der Waals surface area contributed by atoms with E-state index in [-0.39, 0.29) is 23.1 Å². The predicted octanol–water partition coefficient (Wildman–Crippen LogP) is 2.20. The van der Waals surface area contributed by atoms with Crippen molar-refractivity contribution in [1.82, 2.24) is 9.55 Å². The van der Waals surface area contributed by atoms with E-state index in [2.05, 4.69) is 4.98 Å². The van der Waals surface area contributed by atoms with Crippen LogP contribution in [0.25, 0.3) is 10.9 Å². The summed E-state index contributed by atoms with van der Waals surface area (Å²) in [6.45, 7) is 3.44. The Bertz CT molecular complexity index is 1070. The summed E-state index contributed by atoms with van der Waals surface area (Å²) in [4.78, 5) is 26.7. The van der Waals surface area contributed by atoms with Gasteiger partial charge in [-0.15, -0.1) is 0 Å². The molecule has 0 bridgehead atoms. The van der Waals surface area contributed by atoms with E-state index in [9.17, 15) is 31.2 Å². The molecule has 27 heavy (non-hydrogen) atoms. The van der Waals surface area contributed by atoms with Crippen LogP contribution in [0.4, 0.5) is 13.2 Å². The van der Waals surface area contributed by atoms with Crippen LogP contribution in [0.1, 0.15) is 37.5 Å². The Balaban J connectivity index is 2.80. The maximum Gasteiger partial charge on any atom is 0.416 e. The first-order valence-electron chi connectivity index (χ1n) is 8.02. The van der Waals surface area contributed by atoms with Crippen LogP contribution in [0.5, 0.6) is 0 Å². The number of halogens is 3. The van der Waals surface area contributed by atoms with E-state index >= 15 is 0 Å². The number of alkyl halides is 3. The molecule has 0 fully saturated rings. The molecule has 0 amide bonds. The standard InChI is InChI=1S/C16H19F3N2O5S/c1-4-5-26-9(2)10-6-11-13(7-12(10)16(17,18)19)20-15(23)21(14(11)22)8-27(3,24)25/h6-7,9H,4-5,8H2,1-3H3,(H,20,23). The van der Waals surface area contributed by atoms with E-state index in [4.69, 9.17) is 4.74 Å². The zero-order valence-corrected chi connectivity index (χ0v) is 15.7. The topological polar surface area (TPSA) is 98.2 Å². The number of sulfone groups is 1. The van der Waals surface area contributed by atoms with Gasteiger partial charge < -0.3 is 9.72 Å². The zero-order chi connectivity index (χ0) is 20.6. The molecule has 11 heteroatoms. The zero-order valence-electron chi connectivity index (χ0n) is 14.9. The molecule has 0 aliphatic carbocycles. The number of hydrogen-bond acceptors (Lipinski definition) is 5. The molecule has 2 rings (SSSR count). The fourth-order valence-corrected chi connectivity index (χ4v) is 3.34. The van der Waals surface area contributed by atoms with E-state index in [1.807, 2.05) is 0 Å². The molecular weight excluding hydrogens is 389 g/mol. The monoisotopic (exact) mass is 408 g/mol. The average Bonchev–Trinajstić information content (AvgIpc) is 2.53. The lowest BCUT2D eigenvalue weighted by atomic mass is 10.00. The van der Waals surface area contributed by atoms with Crippen LogP contribution in [0.3, 0.4) is 0 Å². The molecule has 0 saturated carbocycles. The number of nitrogens with one attached hydrogen (secondary N) is 1. The van der Waals surface area contributed by atoms with E-state index in [0.29, 0.717) is 17.1 Å². The number of nitrogens with zero attached hydrogens (tertiary/aromatic N) is 1. The third-order valence-electron chi connectivity index (χ3n) is 3.83. The summed E-state index contributed by atoms with van der Waals surface area (Å²) in [5, 5.41) is -0.229. The molecule has 0 spiro atoms. The predicted molar refractivity (Wildman–Crippen MR) is 93.3 cm³/mol. The van der Waals surface area contributed by atoms with Gasteiger partial charge in [0.1, 0.15) is 5.88 Å². The Kier molecular flexibility index (Phi) is 5.85. The molecular formula is C16H19F3N2O5S. The molecule has 1 heterocycles. The third-order valence-corrected chi connectivity index (χ3v) is 4.56. The molecule has 150 valence electrons. The van der Waals surface area contributed by atoms with Crippen molar-refractivity contribution in [3.05, 3.63) is 44.1 Å². The van der Waals surface area contributed by atoms with E-state index < -0.39 is 44.8 Å². The average molecular weight is 408 g/mol. The SMILES string of the molecule is CCCOC(C)c1cc2c(=O)n(CS(C)(=O)=O)c(=O)[nH]c2cc1C(F)(F)F. The largest absolute Gasteiger partial charge is 0.416 e. The van der Waals surface area contributed by atoms with Crippen molar-refractivity contribution in [1.29, 1.82) is 0 Å². The van der Waals surface area contributed by atoms with Crippen molar-refractivity contribution in [3.8, 4) is 0 Å². The summed E-state index contributed by atoms with van der Waals surface area (Å²) in [6, 6.07) is 1.67. The van der Waals surface area contributed by atoms with Crippen molar-refractivity contribution in [2.24, 2.45) is 0 Å². The minimum atomic E-state index is -4.73. The second kappa shape index (κ2) is 7.47. The molecule has 1 aromatic carbocycles. The number of H-pyrrole nitrogens is 1. The highest BCUT2D eigenvalue weighted by Crippen LogP contribution is 2.37. The first kappa shape index (κ1) is 21.2. The molecule has 7 nitrogen and oxygen atoms in total. The molecule has 1 N–H and O–H groups in total. The lowest BCUT2D eigenvalue weighted by Crippen LogP contribution is -2.37. The quantitative estimate of drug-likeness (QED) is 0.790. The second-order valence-electron chi connectivity index (χ2n) is 6.21. The Morgan fingerprint density at radius 2 is 1.89 bits per heavy atom. The van der Waals surface area contributed by atoms with Crippen LogP contribution in [0, 0.1) is 0 Å². The van der Waals surface area contributed by atoms with Gasteiger partial charge in [-0.25, -0.2) is 17.8 Å². The summed E-state index contributed by atoms with van der Waals surface area (Å²) in [5.74, 6) is -0.880. The van der Waals surface area contributed by atoms with Crippen molar-refractivity contribution >= 4 is 20.7 Å². The van der Waals surface area contributed by atoms with Crippen molar-refractivity contribution in [3.63, 3.8) is 0 Å². The minimum absolute atomic E-state index is 0.223. The van der Waals surface area contributed by atoms with Gasteiger partial charge in [-0.05, 0) is 31.0 Å². The van der Waals surface area contributed by atoms with Crippen LogP contribution in [0.15, 0.2) is 21.7 Å². The molecule has 2 aromatic rings. The normalized spacial score (nSPS) is 13.9. The summed E-state index contributed by atoms with van der Waals surface area (Å²) >= 11 is 0. The molecule has 0 aliphatic heterocycles. The summed E-state index contributed by atoms with van der Waals surface area (Å²) < 4.78 is 69.0. The molecule has 1 atom stereocenters. The number of rotatable bonds is 6. The first-order chi connectivity index (χ1) is 12.3.